The van der Waals surface area contributed by atoms with Gasteiger partial charge in [0.05, 0.1) is 28.5 Å². The molecule has 0 saturated carbocycles. The van der Waals surface area contributed by atoms with Crippen molar-refractivity contribution in [3.05, 3.63) is 78.4 Å². The normalized spacial score (nSPS) is 12.1. The van der Waals surface area contributed by atoms with E-state index in [0.717, 1.165) is 12.1 Å². The summed E-state index contributed by atoms with van der Waals surface area (Å²) >= 11 is 0. The van der Waals surface area contributed by atoms with E-state index in [9.17, 15) is 26.4 Å². The number of aromatic nitrogens is 3. The lowest BCUT2D eigenvalue weighted by Crippen LogP contribution is -2.27. The number of anilines is 1. The molecule has 0 radical (unpaired) electrons. The number of imidazole rings is 1. The Hall–Kier alpha value is -3.77. The van der Waals surface area contributed by atoms with E-state index >= 15 is 0 Å². The lowest BCUT2D eigenvalue weighted by molar-refractivity contribution is -0.137. The van der Waals surface area contributed by atoms with Crippen molar-refractivity contribution in [1.82, 2.24) is 19.1 Å². The molecule has 0 bridgehead atoms. The zero-order valence-corrected chi connectivity index (χ0v) is 18.7. The van der Waals surface area contributed by atoms with Gasteiger partial charge in [-0.1, -0.05) is 12.1 Å². The molecule has 0 unspecified atom stereocenters. The number of carbonyl (C=O) groups excluding carboxylic acids is 1. The second kappa shape index (κ2) is 8.54. The van der Waals surface area contributed by atoms with Crippen molar-refractivity contribution in [2.24, 2.45) is 0 Å². The van der Waals surface area contributed by atoms with Crippen LogP contribution in [0, 0.1) is 0 Å². The molecular weight excluding hydrogens is 471 g/mol. The number of amides is 1. The number of halogens is 3. The van der Waals surface area contributed by atoms with Crippen LogP contribution in [-0.4, -0.2) is 42.8 Å². The minimum atomic E-state index is -4.44. The quantitative estimate of drug-likeness (QED) is 0.462. The fraction of sp³-hybridized carbons (Fsp3) is 0.136. The molecule has 4 aromatic rings. The van der Waals surface area contributed by atoms with Gasteiger partial charge < -0.3 is 4.90 Å². The number of fused-ring (bicyclic) bond motifs is 1. The first-order valence-corrected chi connectivity index (χ1v) is 11.3. The number of nitrogens with one attached hydrogen (secondary N) is 1. The smallest absolute Gasteiger partial charge is 0.310 e. The van der Waals surface area contributed by atoms with Gasteiger partial charge in [-0.2, -0.15) is 13.2 Å². The molecule has 0 aliphatic heterocycles. The van der Waals surface area contributed by atoms with Gasteiger partial charge in [-0.05, 0) is 43.4 Å². The zero-order chi connectivity index (χ0) is 24.7. The molecule has 0 saturated heterocycles. The van der Waals surface area contributed by atoms with Crippen LogP contribution in [0.4, 0.5) is 18.9 Å². The highest BCUT2D eigenvalue weighted by atomic mass is 32.2. The van der Waals surface area contributed by atoms with E-state index in [-0.39, 0.29) is 10.6 Å². The minimum Gasteiger partial charge on any atom is -0.310 e. The molecule has 0 atom stereocenters. The van der Waals surface area contributed by atoms with Crippen molar-refractivity contribution in [3.63, 3.8) is 0 Å². The van der Waals surface area contributed by atoms with Gasteiger partial charge in [0.2, 0.25) is 10.0 Å². The maximum atomic E-state index is 13.0. The van der Waals surface area contributed by atoms with Crippen LogP contribution in [0.3, 0.4) is 0 Å². The minimum absolute atomic E-state index is 0.0544. The average molecular weight is 489 g/mol. The summed E-state index contributed by atoms with van der Waals surface area (Å²) in [6.07, 6.45) is -0.120. The van der Waals surface area contributed by atoms with Crippen molar-refractivity contribution in [1.29, 1.82) is 0 Å². The van der Waals surface area contributed by atoms with Crippen LogP contribution in [0.1, 0.15) is 16.1 Å². The van der Waals surface area contributed by atoms with Crippen LogP contribution in [0.5, 0.6) is 0 Å². The van der Waals surface area contributed by atoms with Gasteiger partial charge in [-0.3, -0.25) is 9.20 Å². The van der Waals surface area contributed by atoms with Crippen LogP contribution in [0.2, 0.25) is 0 Å². The lowest BCUT2D eigenvalue weighted by Gasteiger charge is -2.17. The number of alkyl halides is 3. The summed E-state index contributed by atoms with van der Waals surface area (Å²) in [6.45, 7) is 0. The Morgan fingerprint density at radius 3 is 2.24 bits per heavy atom. The van der Waals surface area contributed by atoms with Gasteiger partial charge in [0.15, 0.2) is 5.65 Å². The Bertz CT molecular complexity index is 1460. The maximum Gasteiger partial charge on any atom is 0.416 e. The molecule has 2 aromatic carbocycles. The van der Waals surface area contributed by atoms with Crippen LogP contribution < -0.4 is 9.62 Å². The third-order valence-corrected chi connectivity index (χ3v) is 6.66. The fourth-order valence-corrected chi connectivity index (χ4v) is 4.03. The predicted octanol–water partition coefficient (Wildman–Crippen LogP) is 3.60. The third-order valence-electron chi connectivity index (χ3n) is 5.23. The number of sulfonamides is 1. The summed E-state index contributed by atoms with van der Waals surface area (Å²) in [5.41, 5.74) is 1.13. The molecule has 34 heavy (non-hydrogen) atoms. The second-order valence-corrected chi connectivity index (χ2v) is 9.17. The van der Waals surface area contributed by atoms with E-state index in [1.807, 2.05) is 0 Å². The summed E-state index contributed by atoms with van der Waals surface area (Å²) in [5, 5.41) is 0. The standard InChI is InChI=1S/C22H18F3N5O3S/c1-26-34(32,33)17-9-7-16(8-10-17)29(2)21(31)18-13-30-19(11-28-20(30)12-27-18)14-3-5-15(6-4-14)22(23,24)25/h3-13,26H,1-2H3. The van der Waals surface area contributed by atoms with E-state index in [4.69, 9.17) is 0 Å². The van der Waals surface area contributed by atoms with Crippen molar-refractivity contribution in [2.75, 3.05) is 19.0 Å². The molecular formula is C22H18F3N5O3S. The average Bonchev–Trinajstić information content (AvgIpc) is 3.26. The van der Waals surface area contributed by atoms with Crippen molar-refractivity contribution in [3.8, 4) is 11.3 Å². The van der Waals surface area contributed by atoms with Gasteiger partial charge in [0, 0.05) is 24.5 Å². The fourth-order valence-electron chi connectivity index (χ4n) is 3.30. The summed E-state index contributed by atoms with van der Waals surface area (Å²) < 4.78 is 66.2. The van der Waals surface area contributed by atoms with Gasteiger partial charge >= 0.3 is 6.18 Å². The molecule has 0 fully saturated rings. The number of hydrogen-bond acceptors (Lipinski definition) is 5. The van der Waals surface area contributed by atoms with Crippen LogP contribution in [0.25, 0.3) is 16.9 Å². The van der Waals surface area contributed by atoms with E-state index < -0.39 is 27.7 Å². The summed E-state index contributed by atoms with van der Waals surface area (Å²) in [5.74, 6) is -0.474. The molecule has 8 nitrogen and oxygen atoms in total. The number of carbonyl (C=O) groups is 1. The number of nitrogens with zero attached hydrogens (tertiary/aromatic N) is 4. The zero-order valence-electron chi connectivity index (χ0n) is 17.9. The summed E-state index contributed by atoms with van der Waals surface area (Å²) in [7, 11) is -0.796. The number of hydrogen-bond donors (Lipinski definition) is 1. The molecule has 0 aliphatic rings. The highest BCUT2D eigenvalue weighted by molar-refractivity contribution is 7.89. The van der Waals surface area contributed by atoms with Crippen LogP contribution in [-0.2, 0) is 16.2 Å². The Kier molecular flexibility index (Phi) is 5.87. The Labute approximate surface area is 192 Å². The predicted molar refractivity (Wildman–Crippen MR) is 119 cm³/mol. The summed E-state index contributed by atoms with van der Waals surface area (Å²) in [4.78, 5) is 22.7. The molecule has 176 valence electrons. The molecule has 0 aliphatic carbocycles. The molecule has 2 heterocycles. The first-order valence-electron chi connectivity index (χ1n) is 9.83. The van der Waals surface area contributed by atoms with E-state index in [0.29, 0.717) is 22.6 Å². The van der Waals surface area contributed by atoms with E-state index in [2.05, 4.69) is 14.7 Å². The second-order valence-electron chi connectivity index (χ2n) is 7.28. The van der Waals surface area contributed by atoms with Gasteiger partial charge in [0.25, 0.3) is 5.91 Å². The van der Waals surface area contributed by atoms with E-state index in [1.165, 1.54) is 74.0 Å². The lowest BCUT2D eigenvalue weighted by atomic mass is 10.1. The van der Waals surface area contributed by atoms with Gasteiger partial charge in [-0.15, -0.1) is 0 Å². The molecule has 12 heteroatoms. The Balaban J connectivity index is 1.64. The topological polar surface area (TPSA) is 96.7 Å². The van der Waals surface area contributed by atoms with Crippen LogP contribution >= 0.6 is 0 Å². The number of benzene rings is 2. The maximum absolute atomic E-state index is 13.0. The van der Waals surface area contributed by atoms with Gasteiger partial charge in [-0.25, -0.2) is 23.1 Å². The molecule has 2 aromatic heterocycles. The van der Waals surface area contributed by atoms with Gasteiger partial charge in [0.1, 0.15) is 5.69 Å². The SMILES string of the molecule is CNS(=O)(=O)c1ccc(N(C)C(=O)c2cn3c(-c4ccc(C(F)(F)F)cc4)cnc3cn2)cc1. The largest absolute Gasteiger partial charge is 0.416 e. The van der Waals surface area contributed by atoms with Crippen molar-refractivity contribution < 1.29 is 26.4 Å². The highest BCUT2D eigenvalue weighted by Gasteiger charge is 2.30. The van der Waals surface area contributed by atoms with E-state index in [1.54, 1.807) is 4.40 Å². The molecule has 0 spiro atoms. The highest BCUT2D eigenvalue weighted by Crippen LogP contribution is 2.31. The van der Waals surface area contributed by atoms with Crippen LogP contribution in [0.15, 0.2) is 72.0 Å². The molecule has 1 amide bonds. The third kappa shape index (κ3) is 4.37. The Morgan fingerprint density at radius 1 is 1.00 bits per heavy atom. The molecule has 1 N–H and O–H groups in total. The first-order chi connectivity index (χ1) is 16.0. The monoisotopic (exact) mass is 489 g/mol. The number of rotatable bonds is 5. The molecule has 4 rings (SSSR count). The van der Waals surface area contributed by atoms with Crippen molar-refractivity contribution >= 4 is 27.3 Å². The first kappa shape index (κ1) is 23.4. The van der Waals surface area contributed by atoms with Crippen molar-refractivity contribution in [2.45, 2.75) is 11.1 Å². The summed E-state index contributed by atoms with van der Waals surface area (Å²) in [6, 6.07) is 10.4. The Morgan fingerprint density at radius 2 is 1.65 bits per heavy atom.